The second-order valence-corrected chi connectivity index (χ2v) is 5.00. The Hall–Kier alpha value is -1.40. The van der Waals surface area contributed by atoms with Crippen LogP contribution >= 0.6 is 27.7 Å². The van der Waals surface area contributed by atoms with E-state index in [4.69, 9.17) is 5.11 Å². The second-order valence-electron chi connectivity index (χ2n) is 3.08. The van der Waals surface area contributed by atoms with Crippen LogP contribution in [-0.4, -0.2) is 21.0 Å². The maximum Gasteiger partial charge on any atom is 0.336 e. The lowest BCUT2D eigenvalue weighted by Crippen LogP contribution is -1.99. The first-order chi connectivity index (χ1) is 8.16. The van der Waals surface area contributed by atoms with Crippen LogP contribution in [0.4, 0.5) is 0 Å². The van der Waals surface area contributed by atoms with Gasteiger partial charge in [-0.15, -0.1) is 0 Å². The molecule has 0 amide bonds. The number of nitrogens with zero attached hydrogens (tertiary/aromatic N) is 2. The number of aromatic carboxylic acids is 1. The molecule has 1 aromatic heterocycles. The molecule has 17 heavy (non-hydrogen) atoms. The second kappa shape index (κ2) is 5.29. The van der Waals surface area contributed by atoms with Crippen LogP contribution in [0.3, 0.4) is 0 Å². The third kappa shape index (κ3) is 3.04. The van der Waals surface area contributed by atoms with E-state index in [0.717, 1.165) is 4.47 Å². The fourth-order valence-electron chi connectivity index (χ4n) is 1.19. The number of rotatable bonds is 3. The van der Waals surface area contributed by atoms with Gasteiger partial charge in [0.2, 0.25) is 0 Å². The highest BCUT2D eigenvalue weighted by Crippen LogP contribution is 2.29. The molecule has 1 heterocycles. The van der Waals surface area contributed by atoms with Crippen LogP contribution in [0.5, 0.6) is 0 Å². The summed E-state index contributed by atoms with van der Waals surface area (Å²) in [5, 5.41) is 9.62. The molecule has 0 aliphatic heterocycles. The van der Waals surface area contributed by atoms with E-state index in [-0.39, 0.29) is 5.56 Å². The third-order valence-corrected chi connectivity index (χ3v) is 3.38. The Morgan fingerprint density at radius 3 is 2.65 bits per heavy atom. The minimum Gasteiger partial charge on any atom is -0.478 e. The number of benzene rings is 1. The molecule has 2 aromatic rings. The summed E-state index contributed by atoms with van der Waals surface area (Å²) in [7, 11) is 0. The first-order valence-electron chi connectivity index (χ1n) is 4.64. The number of hydrogen-bond acceptors (Lipinski definition) is 4. The molecule has 0 atom stereocenters. The molecule has 0 radical (unpaired) electrons. The quantitative estimate of drug-likeness (QED) is 0.883. The summed E-state index contributed by atoms with van der Waals surface area (Å²) in [6, 6.07) is 6.80. The zero-order valence-corrected chi connectivity index (χ0v) is 10.9. The smallest absolute Gasteiger partial charge is 0.336 e. The molecular formula is C11H7BrN2O2S. The molecule has 4 nitrogen and oxygen atoms in total. The Morgan fingerprint density at radius 2 is 2.00 bits per heavy atom. The number of carbonyl (C=O) groups is 1. The topological polar surface area (TPSA) is 63.1 Å². The molecule has 0 spiro atoms. The lowest BCUT2D eigenvalue weighted by atomic mass is 10.2. The lowest BCUT2D eigenvalue weighted by molar-refractivity contribution is 0.0693. The van der Waals surface area contributed by atoms with Gasteiger partial charge in [0.1, 0.15) is 0 Å². The predicted molar refractivity (Wildman–Crippen MR) is 67.3 cm³/mol. The molecule has 0 saturated carbocycles. The maximum absolute atomic E-state index is 11.1. The van der Waals surface area contributed by atoms with Crippen LogP contribution in [0.2, 0.25) is 0 Å². The Labute approximate surface area is 110 Å². The molecule has 1 N–H and O–H groups in total. The van der Waals surface area contributed by atoms with Gasteiger partial charge in [0.05, 0.1) is 5.56 Å². The summed E-state index contributed by atoms with van der Waals surface area (Å²) in [5.41, 5.74) is 0.233. The van der Waals surface area contributed by atoms with Crippen LogP contribution in [0.15, 0.2) is 51.2 Å². The van der Waals surface area contributed by atoms with Gasteiger partial charge in [0.15, 0.2) is 5.16 Å². The van der Waals surface area contributed by atoms with Crippen molar-refractivity contribution >= 4 is 33.7 Å². The van der Waals surface area contributed by atoms with Gasteiger partial charge in [0.25, 0.3) is 0 Å². The number of carboxylic acid groups (broad SMARTS) is 1. The summed E-state index contributed by atoms with van der Waals surface area (Å²) in [4.78, 5) is 19.8. The summed E-state index contributed by atoms with van der Waals surface area (Å²) in [6.07, 6.45) is 3.24. The van der Waals surface area contributed by atoms with Gasteiger partial charge in [-0.05, 0) is 36.0 Å². The van der Waals surface area contributed by atoms with E-state index in [9.17, 15) is 4.79 Å². The van der Waals surface area contributed by atoms with Crippen molar-refractivity contribution in [2.75, 3.05) is 0 Å². The Balaban J connectivity index is 2.36. The van der Waals surface area contributed by atoms with Crippen LogP contribution in [-0.2, 0) is 0 Å². The molecular weight excluding hydrogens is 304 g/mol. The zero-order chi connectivity index (χ0) is 12.3. The van der Waals surface area contributed by atoms with E-state index in [0.29, 0.717) is 10.1 Å². The molecule has 0 fully saturated rings. The molecule has 6 heteroatoms. The van der Waals surface area contributed by atoms with Gasteiger partial charge in [0, 0.05) is 21.8 Å². The van der Waals surface area contributed by atoms with Gasteiger partial charge in [-0.1, -0.05) is 15.9 Å². The standard InChI is InChI=1S/C11H7BrN2O2S/c12-7-2-3-9(8(6-7)10(15)16)17-11-13-4-1-5-14-11/h1-6H,(H,15,16). The Morgan fingerprint density at radius 1 is 1.29 bits per heavy atom. The first-order valence-corrected chi connectivity index (χ1v) is 6.25. The summed E-state index contributed by atoms with van der Waals surface area (Å²) in [5.74, 6) is -0.968. The van der Waals surface area contributed by atoms with Crippen molar-refractivity contribution in [3.05, 3.63) is 46.7 Å². The van der Waals surface area contributed by atoms with Crippen LogP contribution in [0, 0.1) is 0 Å². The minimum absolute atomic E-state index is 0.233. The average molecular weight is 311 g/mol. The highest BCUT2D eigenvalue weighted by atomic mass is 79.9. The van der Waals surface area contributed by atoms with Gasteiger partial charge >= 0.3 is 5.97 Å². The zero-order valence-electron chi connectivity index (χ0n) is 8.50. The van der Waals surface area contributed by atoms with Gasteiger partial charge in [-0.2, -0.15) is 0 Å². The largest absolute Gasteiger partial charge is 0.478 e. The van der Waals surface area contributed by atoms with Crippen molar-refractivity contribution in [2.24, 2.45) is 0 Å². The van der Waals surface area contributed by atoms with Crippen molar-refractivity contribution in [3.8, 4) is 0 Å². The summed E-state index contributed by atoms with van der Waals surface area (Å²) in [6.45, 7) is 0. The number of halogens is 1. The average Bonchev–Trinajstić information content (AvgIpc) is 2.32. The van der Waals surface area contributed by atoms with Crippen molar-refractivity contribution in [1.29, 1.82) is 0 Å². The molecule has 86 valence electrons. The Kier molecular flexibility index (Phi) is 3.75. The fraction of sp³-hybridized carbons (Fsp3) is 0. The number of carboxylic acids is 1. The van der Waals surface area contributed by atoms with E-state index in [2.05, 4.69) is 25.9 Å². The van der Waals surface area contributed by atoms with Crippen molar-refractivity contribution in [3.63, 3.8) is 0 Å². The van der Waals surface area contributed by atoms with Crippen molar-refractivity contribution < 1.29 is 9.90 Å². The van der Waals surface area contributed by atoms with Crippen molar-refractivity contribution in [2.45, 2.75) is 10.1 Å². The van der Waals surface area contributed by atoms with E-state index < -0.39 is 5.97 Å². The van der Waals surface area contributed by atoms with Gasteiger partial charge in [-0.25, -0.2) is 14.8 Å². The van der Waals surface area contributed by atoms with Crippen LogP contribution in [0.1, 0.15) is 10.4 Å². The SMILES string of the molecule is O=C(O)c1cc(Br)ccc1Sc1ncccn1. The predicted octanol–water partition coefficient (Wildman–Crippen LogP) is 3.09. The molecule has 0 unspecified atom stereocenters. The van der Waals surface area contributed by atoms with Gasteiger partial charge < -0.3 is 5.11 Å². The van der Waals surface area contributed by atoms with Crippen LogP contribution in [0.25, 0.3) is 0 Å². The summed E-state index contributed by atoms with van der Waals surface area (Å²) < 4.78 is 0.730. The third-order valence-electron chi connectivity index (χ3n) is 1.92. The van der Waals surface area contributed by atoms with E-state index in [1.165, 1.54) is 11.8 Å². The minimum atomic E-state index is -0.968. The van der Waals surface area contributed by atoms with Crippen molar-refractivity contribution in [1.82, 2.24) is 9.97 Å². The molecule has 0 bridgehead atoms. The molecule has 0 aliphatic rings. The Bertz CT molecular complexity index is 548. The highest BCUT2D eigenvalue weighted by Gasteiger charge is 2.12. The van der Waals surface area contributed by atoms with Crippen LogP contribution < -0.4 is 0 Å². The van der Waals surface area contributed by atoms with Gasteiger partial charge in [-0.3, -0.25) is 0 Å². The van der Waals surface area contributed by atoms with E-state index >= 15 is 0 Å². The fourth-order valence-corrected chi connectivity index (χ4v) is 2.37. The first kappa shape index (κ1) is 12.1. The summed E-state index contributed by atoms with van der Waals surface area (Å²) >= 11 is 4.47. The molecule has 1 aromatic carbocycles. The molecule has 0 aliphatic carbocycles. The maximum atomic E-state index is 11.1. The monoisotopic (exact) mass is 310 g/mol. The lowest BCUT2D eigenvalue weighted by Gasteiger charge is -2.04. The number of aromatic nitrogens is 2. The molecule has 2 rings (SSSR count). The normalized spacial score (nSPS) is 10.2. The highest BCUT2D eigenvalue weighted by molar-refractivity contribution is 9.10. The number of hydrogen-bond donors (Lipinski definition) is 1. The van der Waals surface area contributed by atoms with E-state index in [1.807, 2.05) is 0 Å². The van der Waals surface area contributed by atoms with E-state index in [1.54, 1.807) is 36.7 Å². The molecule has 0 saturated heterocycles.